The maximum atomic E-state index is 13.2. The van der Waals surface area contributed by atoms with Crippen molar-refractivity contribution in [1.82, 2.24) is 0 Å². The zero-order valence-corrected chi connectivity index (χ0v) is 17.0. The van der Waals surface area contributed by atoms with Crippen molar-refractivity contribution < 1.29 is 14.6 Å². The second-order valence-corrected chi connectivity index (χ2v) is 8.36. The van der Waals surface area contributed by atoms with Crippen LogP contribution in [0.4, 0.5) is 0 Å². The first-order valence-corrected chi connectivity index (χ1v) is 10.4. The Hall–Kier alpha value is -3.33. The van der Waals surface area contributed by atoms with E-state index in [1.54, 1.807) is 19.2 Å². The van der Waals surface area contributed by atoms with E-state index in [-0.39, 0.29) is 16.9 Å². The molecule has 0 saturated heterocycles. The van der Waals surface area contributed by atoms with Crippen LogP contribution >= 0.6 is 0 Å². The monoisotopic (exact) mass is 396 g/mol. The molecule has 0 aromatic heterocycles. The molecule has 1 unspecified atom stereocenters. The topological polar surface area (TPSA) is 46.5 Å². The molecule has 3 heteroatoms. The number of benzene rings is 3. The second-order valence-electron chi connectivity index (χ2n) is 8.36. The number of allylic oxidation sites excluding steroid dienone is 2. The van der Waals surface area contributed by atoms with Gasteiger partial charge in [-0.25, -0.2) is 0 Å². The van der Waals surface area contributed by atoms with Gasteiger partial charge in [0.2, 0.25) is 0 Å². The van der Waals surface area contributed by atoms with Crippen LogP contribution in [-0.4, -0.2) is 18.0 Å². The van der Waals surface area contributed by atoms with Crippen LogP contribution in [0.1, 0.15) is 35.1 Å². The second kappa shape index (κ2) is 7.17. The number of Topliss-reactive ketones (excluding diaryl/α,β-unsaturated/α-hetero) is 1. The van der Waals surface area contributed by atoms with Crippen molar-refractivity contribution in [2.75, 3.05) is 7.11 Å². The Morgan fingerprint density at radius 2 is 1.77 bits per heavy atom. The third-order valence-corrected chi connectivity index (χ3v) is 6.54. The van der Waals surface area contributed by atoms with Gasteiger partial charge in [0.05, 0.1) is 7.11 Å². The quantitative estimate of drug-likeness (QED) is 0.637. The van der Waals surface area contributed by atoms with Gasteiger partial charge in [-0.2, -0.15) is 0 Å². The maximum Gasteiger partial charge on any atom is 0.163 e. The van der Waals surface area contributed by atoms with Crippen molar-refractivity contribution in [1.29, 1.82) is 0 Å². The van der Waals surface area contributed by atoms with E-state index in [4.69, 9.17) is 4.74 Å². The maximum absolute atomic E-state index is 13.2. The number of carbonyl (C=O) groups is 1. The number of ketones is 1. The van der Waals surface area contributed by atoms with Crippen LogP contribution < -0.4 is 4.74 Å². The molecule has 150 valence electrons. The van der Waals surface area contributed by atoms with E-state index in [1.807, 2.05) is 24.3 Å². The molecule has 0 amide bonds. The number of hydrogen-bond donors (Lipinski definition) is 1. The predicted molar refractivity (Wildman–Crippen MR) is 118 cm³/mol. The third kappa shape index (κ3) is 3.02. The number of phenols is 1. The van der Waals surface area contributed by atoms with Gasteiger partial charge in [-0.1, -0.05) is 48.5 Å². The molecule has 0 spiro atoms. The lowest BCUT2D eigenvalue weighted by Gasteiger charge is -2.37. The van der Waals surface area contributed by atoms with Crippen LogP contribution in [0, 0.1) is 5.41 Å². The summed E-state index contributed by atoms with van der Waals surface area (Å²) < 4.78 is 5.48. The number of hydrogen-bond acceptors (Lipinski definition) is 3. The molecule has 2 aliphatic carbocycles. The normalized spacial score (nSPS) is 20.1. The van der Waals surface area contributed by atoms with Gasteiger partial charge in [-0.3, -0.25) is 4.79 Å². The van der Waals surface area contributed by atoms with Gasteiger partial charge in [0.1, 0.15) is 11.5 Å². The highest BCUT2D eigenvalue weighted by Crippen LogP contribution is 2.57. The van der Waals surface area contributed by atoms with Crippen molar-refractivity contribution in [2.45, 2.75) is 25.7 Å². The van der Waals surface area contributed by atoms with E-state index in [0.29, 0.717) is 6.42 Å². The van der Waals surface area contributed by atoms with E-state index < -0.39 is 0 Å². The molecule has 1 atom stereocenters. The highest BCUT2D eigenvalue weighted by Gasteiger charge is 2.47. The molecular weight excluding hydrogens is 372 g/mol. The molecule has 30 heavy (non-hydrogen) atoms. The Morgan fingerprint density at radius 1 is 1.00 bits per heavy atom. The van der Waals surface area contributed by atoms with E-state index in [9.17, 15) is 9.90 Å². The number of carbonyl (C=O) groups excluding carboxylic acids is 1. The molecule has 0 radical (unpaired) electrons. The molecular formula is C27H24O3. The van der Waals surface area contributed by atoms with E-state index in [0.717, 1.165) is 47.3 Å². The number of fused-ring (bicyclic) bond motifs is 3. The standard InChI is InChI=1S/C27H24O3/c1-30-22-11-12-23-20(15-22)17-27(16-18-5-3-2-4-6-18)14-13-24(29)25(26(23)27)19-7-9-21(28)10-8-19/h2-12,15,28H,13-14,16-17H2,1H3. The van der Waals surface area contributed by atoms with Gasteiger partial charge < -0.3 is 9.84 Å². The zero-order valence-electron chi connectivity index (χ0n) is 17.0. The molecule has 3 nitrogen and oxygen atoms in total. The van der Waals surface area contributed by atoms with Crippen molar-refractivity contribution >= 4 is 16.9 Å². The first kappa shape index (κ1) is 18.7. The Balaban J connectivity index is 1.75. The highest BCUT2D eigenvalue weighted by molar-refractivity contribution is 6.30. The summed E-state index contributed by atoms with van der Waals surface area (Å²) in [6, 6.07) is 23.8. The molecule has 5 rings (SSSR count). The van der Waals surface area contributed by atoms with Crippen molar-refractivity contribution in [3.8, 4) is 11.5 Å². The van der Waals surface area contributed by atoms with E-state index in [2.05, 4.69) is 36.4 Å². The van der Waals surface area contributed by atoms with Crippen molar-refractivity contribution in [3.05, 3.63) is 95.1 Å². The van der Waals surface area contributed by atoms with Gasteiger partial charge in [-0.05, 0) is 71.4 Å². The molecule has 1 N–H and O–H groups in total. The molecule has 0 heterocycles. The lowest BCUT2D eigenvalue weighted by atomic mass is 9.65. The smallest absolute Gasteiger partial charge is 0.163 e. The summed E-state index contributed by atoms with van der Waals surface area (Å²) in [5.41, 5.74) is 6.42. The van der Waals surface area contributed by atoms with Crippen molar-refractivity contribution in [3.63, 3.8) is 0 Å². The Kier molecular flexibility index (Phi) is 4.47. The minimum atomic E-state index is -0.114. The molecule has 0 aliphatic heterocycles. The molecule has 3 aromatic rings. The Labute approximate surface area is 176 Å². The fourth-order valence-electron chi connectivity index (χ4n) is 5.22. The fourth-order valence-corrected chi connectivity index (χ4v) is 5.22. The Morgan fingerprint density at radius 3 is 2.50 bits per heavy atom. The van der Waals surface area contributed by atoms with Crippen LogP contribution in [-0.2, 0) is 17.6 Å². The van der Waals surface area contributed by atoms with Gasteiger partial charge >= 0.3 is 0 Å². The van der Waals surface area contributed by atoms with Gasteiger partial charge in [0.25, 0.3) is 0 Å². The van der Waals surface area contributed by atoms with Gasteiger partial charge in [0, 0.05) is 17.4 Å². The summed E-state index contributed by atoms with van der Waals surface area (Å²) in [5, 5.41) is 9.75. The van der Waals surface area contributed by atoms with Gasteiger partial charge in [0.15, 0.2) is 5.78 Å². The molecule has 0 fully saturated rings. The average molecular weight is 396 g/mol. The summed E-state index contributed by atoms with van der Waals surface area (Å²) in [5.74, 6) is 1.24. The van der Waals surface area contributed by atoms with Gasteiger partial charge in [-0.15, -0.1) is 0 Å². The molecule has 0 saturated carbocycles. The minimum Gasteiger partial charge on any atom is -0.508 e. The summed E-state index contributed by atoms with van der Waals surface area (Å²) in [6.07, 6.45) is 3.18. The van der Waals surface area contributed by atoms with Crippen LogP contribution in [0.25, 0.3) is 11.1 Å². The number of ether oxygens (including phenoxy) is 1. The molecule has 3 aromatic carbocycles. The fraction of sp³-hybridized carbons (Fsp3) is 0.222. The SMILES string of the molecule is COc1ccc2c(c1)CC1(Cc3ccccc3)CCC(=O)C(c3ccc(O)cc3)=C21. The van der Waals surface area contributed by atoms with Crippen LogP contribution in [0.3, 0.4) is 0 Å². The van der Waals surface area contributed by atoms with E-state index in [1.165, 1.54) is 11.1 Å². The summed E-state index contributed by atoms with van der Waals surface area (Å²) in [7, 11) is 1.69. The molecule has 0 bridgehead atoms. The lowest BCUT2D eigenvalue weighted by molar-refractivity contribution is -0.114. The van der Waals surface area contributed by atoms with Crippen LogP contribution in [0.5, 0.6) is 11.5 Å². The lowest BCUT2D eigenvalue weighted by Crippen LogP contribution is -2.30. The highest BCUT2D eigenvalue weighted by atomic mass is 16.5. The largest absolute Gasteiger partial charge is 0.508 e. The number of methoxy groups -OCH3 is 1. The first-order valence-electron chi connectivity index (χ1n) is 10.4. The average Bonchev–Trinajstić information content (AvgIpc) is 3.08. The van der Waals surface area contributed by atoms with Crippen LogP contribution in [0.15, 0.2) is 72.8 Å². The number of rotatable bonds is 4. The molecule has 2 aliphatic rings. The summed E-state index contributed by atoms with van der Waals surface area (Å²) in [6.45, 7) is 0. The summed E-state index contributed by atoms with van der Waals surface area (Å²) >= 11 is 0. The predicted octanol–water partition coefficient (Wildman–Crippen LogP) is 5.46. The number of aromatic hydroxyl groups is 1. The minimum absolute atomic E-state index is 0.114. The third-order valence-electron chi connectivity index (χ3n) is 6.54. The summed E-state index contributed by atoms with van der Waals surface area (Å²) in [4.78, 5) is 13.2. The van der Waals surface area contributed by atoms with Crippen molar-refractivity contribution in [2.24, 2.45) is 5.41 Å². The first-order chi connectivity index (χ1) is 14.6. The van der Waals surface area contributed by atoms with E-state index >= 15 is 0 Å². The zero-order chi connectivity index (χ0) is 20.7. The van der Waals surface area contributed by atoms with Crippen LogP contribution in [0.2, 0.25) is 0 Å². The Bertz CT molecular complexity index is 1140. The number of phenolic OH excluding ortho intramolecular Hbond substituents is 1.